The molecule has 0 heterocycles. The third-order valence-corrected chi connectivity index (χ3v) is 3.71. The Morgan fingerprint density at radius 3 is 2.44 bits per heavy atom. The van der Waals surface area contributed by atoms with E-state index in [0.29, 0.717) is 0 Å². The summed E-state index contributed by atoms with van der Waals surface area (Å²) >= 11 is 9.37. The molecule has 1 atom stereocenters. The van der Waals surface area contributed by atoms with Gasteiger partial charge in [0, 0.05) is 15.0 Å². The number of hydrogen-bond acceptors (Lipinski definition) is 1. The van der Waals surface area contributed by atoms with E-state index in [4.69, 9.17) is 17.3 Å². The maximum absolute atomic E-state index is 6.41. The molecule has 2 aromatic rings. The summed E-state index contributed by atoms with van der Waals surface area (Å²) in [6.45, 7) is 2.04. The fourth-order valence-electron chi connectivity index (χ4n) is 2.00. The molecular formula is C15H15BrClN. The van der Waals surface area contributed by atoms with Crippen molar-refractivity contribution in [2.45, 2.75) is 18.9 Å². The summed E-state index contributed by atoms with van der Waals surface area (Å²) < 4.78 is 1.08. The summed E-state index contributed by atoms with van der Waals surface area (Å²) in [7, 11) is 0. The van der Waals surface area contributed by atoms with Crippen LogP contribution in [-0.4, -0.2) is 0 Å². The molecule has 0 saturated heterocycles. The first-order valence-electron chi connectivity index (χ1n) is 5.77. The van der Waals surface area contributed by atoms with Crippen LogP contribution in [0.3, 0.4) is 0 Å². The predicted molar refractivity (Wildman–Crippen MR) is 80.8 cm³/mol. The average Bonchev–Trinajstić information content (AvgIpc) is 2.29. The summed E-state index contributed by atoms with van der Waals surface area (Å²) in [5, 5.41) is 0.733. The van der Waals surface area contributed by atoms with E-state index in [9.17, 15) is 0 Å². The molecule has 0 bridgehead atoms. The van der Waals surface area contributed by atoms with Crippen LogP contribution in [0, 0.1) is 0 Å². The highest BCUT2D eigenvalue weighted by Gasteiger charge is 2.21. The first-order valence-corrected chi connectivity index (χ1v) is 6.94. The van der Waals surface area contributed by atoms with Gasteiger partial charge in [-0.05, 0) is 48.7 Å². The molecule has 0 radical (unpaired) electrons. The second kappa shape index (κ2) is 5.43. The van der Waals surface area contributed by atoms with Gasteiger partial charge in [0.25, 0.3) is 0 Å². The van der Waals surface area contributed by atoms with Gasteiger partial charge in [0.05, 0.1) is 0 Å². The van der Waals surface area contributed by atoms with E-state index in [1.54, 1.807) is 0 Å². The van der Waals surface area contributed by atoms with Crippen molar-refractivity contribution < 1.29 is 0 Å². The van der Waals surface area contributed by atoms with Crippen molar-refractivity contribution in [2.24, 2.45) is 5.73 Å². The smallest absolute Gasteiger partial charge is 0.0421 e. The molecular weight excluding hydrogens is 310 g/mol. The maximum Gasteiger partial charge on any atom is 0.0421 e. The highest BCUT2D eigenvalue weighted by molar-refractivity contribution is 9.10. The summed E-state index contributed by atoms with van der Waals surface area (Å²) in [5.74, 6) is 0. The van der Waals surface area contributed by atoms with Crippen LogP contribution in [0.2, 0.25) is 5.02 Å². The third kappa shape index (κ3) is 3.35. The zero-order valence-electron chi connectivity index (χ0n) is 10.2. The lowest BCUT2D eigenvalue weighted by molar-refractivity contribution is 0.491. The van der Waals surface area contributed by atoms with Gasteiger partial charge >= 0.3 is 0 Å². The Kier molecular flexibility index (Phi) is 4.10. The van der Waals surface area contributed by atoms with Crippen molar-refractivity contribution >= 4 is 27.5 Å². The lowest BCUT2D eigenvalue weighted by Gasteiger charge is -2.25. The standard InChI is InChI=1S/C15H15BrClN/c1-15(18,12-5-7-14(17)8-6-12)10-11-3-2-4-13(16)9-11/h2-9H,10,18H2,1H3. The van der Waals surface area contributed by atoms with Crippen molar-refractivity contribution in [3.8, 4) is 0 Å². The van der Waals surface area contributed by atoms with Gasteiger partial charge < -0.3 is 5.73 Å². The minimum absolute atomic E-state index is 0.397. The lowest BCUT2D eigenvalue weighted by atomic mass is 9.87. The Hall–Kier alpha value is -0.830. The molecule has 1 nitrogen and oxygen atoms in total. The molecule has 0 aromatic heterocycles. The summed E-state index contributed by atoms with van der Waals surface area (Å²) in [5.41, 5.74) is 8.32. The highest BCUT2D eigenvalue weighted by Crippen LogP contribution is 2.25. The monoisotopic (exact) mass is 323 g/mol. The topological polar surface area (TPSA) is 26.0 Å². The van der Waals surface area contributed by atoms with Crippen molar-refractivity contribution in [1.29, 1.82) is 0 Å². The van der Waals surface area contributed by atoms with Gasteiger partial charge in [0.15, 0.2) is 0 Å². The minimum atomic E-state index is -0.397. The Balaban J connectivity index is 2.23. The van der Waals surface area contributed by atoms with Gasteiger partial charge in [-0.15, -0.1) is 0 Å². The van der Waals surface area contributed by atoms with Gasteiger partial charge in [0.1, 0.15) is 0 Å². The molecule has 3 heteroatoms. The highest BCUT2D eigenvalue weighted by atomic mass is 79.9. The van der Waals surface area contributed by atoms with Crippen LogP contribution in [0.15, 0.2) is 53.0 Å². The van der Waals surface area contributed by atoms with Crippen molar-refractivity contribution in [1.82, 2.24) is 0 Å². The van der Waals surface area contributed by atoms with Crippen LogP contribution >= 0.6 is 27.5 Å². The van der Waals surface area contributed by atoms with E-state index in [2.05, 4.69) is 28.1 Å². The lowest BCUT2D eigenvalue weighted by Crippen LogP contribution is -2.35. The summed E-state index contributed by atoms with van der Waals surface area (Å²) in [6.07, 6.45) is 0.786. The molecule has 0 aliphatic rings. The quantitative estimate of drug-likeness (QED) is 0.882. The molecule has 2 N–H and O–H groups in total. The summed E-state index contributed by atoms with van der Waals surface area (Å²) in [4.78, 5) is 0. The Morgan fingerprint density at radius 2 is 1.83 bits per heavy atom. The molecule has 0 aliphatic heterocycles. The number of rotatable bonds is 3. The van der Waals surface area contributed by atoms with Crippen molar-refractivity contribution in [3.63, 3.8) is 0 Å². The van der Waals surface area contributed by atoms with Gasteiger partial charge in [-0.1, -0.05) is 51.8 Å². The van der Waals surface area contributed by atoms with E-state index >= 15 is 0 Å². The molecule has 0 aliphatic carbocycles. The van der Waals surface area contributed by atoms with Crippen LogP contribution in [-0.2, 0) is 12.0 Å². The van der Waals surface area contributed by atoms with Gasteiger partial charge in [0.2, 0.25) is 0 Å². The van der Waals surface area contributed by atoms with Gasteiger partial charge in [-0.25, -0.2) is 0 Å². The van der Waals surface area contributed by atoms with E-state index in [1.807, 2.05) is 43.3 Å². The van der Waals surface area contributed by atoms with Crippen LogP contribution in [0.25, 0.3) is 0 Å². The molecule has 2 aromatic carbocycles. The summed E-state index contributed by atoms with van der Waals surface area (Å²) in [6, 6.07) is 16.0. The van der Waals surface area contributed by atoms with Crippen LogP contribution in [0.4, 0.5) is 0 Å². The second-order valence-corrected chi connectivity index (χ2v) is 6.08. The Morgan fingerprint density at radius 1 is 1.17 bits per heavy atom. The van der Waals surface area contributed by atoms with E-state index in [-0.39, 0.29) is 0 Å². The van der Waals surface area contributed by atoms with E-state index in [1.165, 1.54) is 5.56 Å². The Labute approximate surface area is 121 Å². The van der Waals surface area contributed by atoms with Crippen molar-refractivity contribution in [2.75, 3.05) is 0 Å². The molecule has 0 amide bonds. The second-order valence-electron chi connectivity index (χ2n) is 4.73. The number of nitrogens with two attached hydrogens (primary N) is 1. The molecule has 2 rings (SSSR count). The maximum atomic E-state index is 6.41. The number of hydrogen-bond donors (Lipinski definition) is 1. The van der Waals surface area contributed by atoms with Crippen LogP contribution in [0.5, 0.6) is 0 Å². The largest absolute Gasteiger partial charge is 0.321 e. The van der Waals surface area contributed by atoms with Crippen molar-refractivity contribution in [3.05, 3.63) is 69.2 Å². The Bertz CT molecular complexity index is 534. The molecule has 94 valence electrons. The molecule has 0 saturated carbocycles. The molecule has 18 heavy (non-hydrogen) atoms. The predicted octanol–water partition coefficient (Wildman–Crippen LogP) is 4.52. The third-order valence-electron chi connectivity index (χ3n) is 2.96. The fourth-order valence-corrected chi connectivity index (χ4v) is 2.58. The first kappa shape index (κ1) is 13.6. The molecule has 1 unspecified atom stereocenters. The van der Waals surface area contributed by atoms with Crippen LogP contribution < -0.4 is 5.73 Å². The normalized spacial score (nSPS) is 14.2. The fraction of sp³-hybridized carbons (Fsp3) is 0.200. The number of halogens is 2. The zero-order valence-corrected chi connectivity index (χ0v) is 12.5. The van der Waals surface area contributed by atoms with Crippen LogP contribution in [0.1, 0.15) is 18.1 Å². The minimum Gasteiger partial charge on any atom is -0.321 e. The SMILES string of the molecule is CC(N)(Cc1cccc(Br)c1)c1ccc(Cl)cc1. The van der Waals surface area contributed by atoms with E-state index < -0.39 is 5.54 Å². The average molecular weight is 325 g/mol. The zero-order chi connectivity index (χ0) is 13.2. The van der Waals surface area contributed by atoms with E-state index in [0.717, 1.165) is 21.5 Å². The number of benzene rings is 2. The molecule has 0 fully saturated rings. The van der Waals surface area contributed by atoms with Gasteiger partial charge in [-0.3, -0.25) is 0 Å². The van der Waals surface area contributed by atoms with Gasteiger partial charge in [-0.2, -0.15) is 0 Å². The first-order chi connectivity index (χ1) is 8.47. The molecule has 0 spiro atoms.